The van der Waals surface area contributed by atoms with Gasteiger partial charge in [-0.1, -0.05) is 0 Å². The monoisotopic (exact) mass is 175 g/mol. The van der Waals surface area contributed by atoms with Gasteiger partial charge in [-0.2, -0.15) is 0 Å². The van der Waals surface area contributed by atoms with E-state index < -0.39 is 6.48 Å². The number of nitrogens with one attached hydrogen (secondary N) is 1. The minimum absolute atomic E-state index is 0.0612. The molecule has 1 saturated heterocycles. The second-order valence-corrected chi connectivity index (χ2v) is 2.59. The molecule has 5 nitrogen and oxygen atoms in total. The highest BCUT2D eigenvalue weighted by Gasteiger charge is 2.21. The molecule has 0 spiro atoms. The summed E-state index contributed by atoms with van der Waals surface area (Å²) < 4.78 is 15.0. The summed E-state index contributed by atoms with van der Waals surface area (Å²) in [6.07, 6.45) is 0. The molecule has 1 heterocycles. The van der Waals surface area contributed by atoms with Crippen molar-refractivity contribution >= 4 is 5.91 Å². The van der Waals surface area contributed by atoms with E-state index in [0.717, 1.165) is 0 Å². The van der Waals surface area contributed by atoms with E-state index in [1.165, 1.54) is 14.0 Å². The van der Waals surface area contributed by atoms with Crippen LogP contribution < -0.4 is 5.32 Å². The molecule has 0 aromatic carbocycles. The number of carbonyl (C=O) groups excluding carboxylic acids is 1. The summed E-state index contributed by atoms with van der Waals surface area (Å²) in [4.78, 5) is 10.6. The Bertz CT molecular complexity index is 153. The summed E-state index contributed by atoms with van der Waals surface area (Å²) in [7, 11) is 1.50. The van der Waals surface area contributed by atoms with Crippen LogP contribution in [0.25, 0.3) is 0 Å². The zero-order chi connectivity index (χ0) is 8.97. The van der Waals surface area contributed by atoms with Crippen LogP contribution in [-0.2, 0) is 19.0 Å². The largest absolute Gasteiger partial charge is 0.349 e. The maximum atomic E-state index is 10.6. The lowest BCUT2D eigenvalue weighted by atomic mass is 10.3. The number of ether oxygens (including phenoxy) is 3. The molecule has 0 atom stereocenters. The van der Waals surface area contributed by atoms with Crippen molar-refractivity contribution in [1.29, 1.82) is 0 Å². The third-order valence-corrected chi connectivity index (χ3v) is 1.47. The van der Waals surface area contributed by atoms with Crippen molar-refractivity contribution in [3.05, 3.63) is 0 Å². The molecule has 70 valence electrons. The Morgan fingerprint density at radius 1 is 1.50 bits per heavy atom. The summed E-state index contributed by atoms with van der Waals surface area (Å²) in [5, 5.41) is 2.68. The van der Waals surface area contributed by atoms with Gasteiger partial charge in [-0.05, 0) is 0 Å². The van der Waals surface area contributed by atoms with Gasteiger partial charge in [-0.15, -0.1) is 0 Å². The number of methoxy groups -OCH3 is 1. The van der Waals surface area contributed by atoms with E-state index in [4.69, 9.17) is 14.2 Å². The van der Waals surface area contributed by atoms with Crippen molar-refractivity contribution in [2.75, 3.05) is 20.3 Å². The molecule has 0 unspecified atom stereocenters. The lowest BCUT2D eigenvalue weighted by molar-refractivity contribution is -0.305. The predicted molar refractivity (Wildman–Crippen MR) is 40.3 cm³/mol. The highest BCUT2D eigenvalue weighted by molar-refractivity contribution is 5.73. The standard InChI is InChI=1S/C7H13NO4/c1-5(9)8-6-3-11-7(10-2)12-4-6/h6-7H,3-4H2,1-2H3,(H,8,9). The topological polar surface area (TPSA) is 56.8 Å². The molecule has 5 heteroatoms. The van der Waals surface area contributed by atoms with Gasteiger partial charge in [-0.25, -0.2) is 0 Å². The van der Waals surface area contributed by atoms with E-state index in [1.54, 1.807) is 0 Å². The molecule has 1 fully saturated rings. The number of hydrogen-bond donors (Lipinski definition) is 1. The number of carbonyl (C=O) groups is 1. The van der Waals surface area contributed by atoms with Crippen molar-refractivity contribution < 1.29 is 19.0 Å². The fourth-order valence-electron chi connectivity index (χ4n) is 0.993. The average Bonchev–Trinajstić information content (AvgIpc) is 2.05. The first-order valence-corrected chi connectivity index (χ1v) is 3.75. The van der Waals surface area contributed by atoms with E-state index in [-0.39, 0.29) is 11.9 Å². The van der Waals surface area contributed by atoms with Crippen molar-refractivity contribution in [3.8, 4) is 0 Å². The van der Waals surface area contributed by atoms with Gasteiger partial charge in [0, 0.05) is 14.0 Å². The van der Waals surface area contributed by atoms with Crippen LogP contribution in [0.2, 0.25) is 0 Å². The smallest absolute Gasteiger partial charge is 0.271 e. The van der Waals surface area contributed by atoms with Crippen LogP contribution >= 0.6 is 0 Å². The maximum Gasteiger partial charge on any atom is 0.271 e. The molecule has 1 aliphatic rings. The van der Waals surface area contributed by atoms with Gasteiger partial charge in [0.15, 0.2) is 0 Å². The maximum absolute atomic E-state index is 10.6. The van der Waals surface area contributed by atoms with E-state index >= 15 is 0 Å². The quantitative estimate of drug-likeness (QED) is 0.613. The van der Waals surface area contributed by atoms with Gasteiger partial charge in [0.2, 0.25) is 5.91 Å². The highest BCUT2D eigenvalue weighted by Crippen LogP contribution is 2.05. The van der Waals surface area contributed by atoms with Gasteiger partial charge >= 0.3 is 0 Å². The van der Waals surface area contributed by atoms with Crippen LogP contribution in [0.4, 0.5) is 0 Å². The Morgan fingerprint density at radius 2 is 2.08 bits per heavy atom. The Morgan fingerprint density at radius 3 is 2.50 bits per heavy atom. The fourth-order valence-corrected chi connectivity index (χ4v) is 0.993. The Balaban J connectivity index is 2.21. The number of amides is 1. The molecular weight excluding hydrogens is 162 g/mol. The van der Waals surface area contributed by atoms with Crippen LogP contribution in [0.1, 0.15) is 6.92 Å². The molecule has 1 amide bonds. The molecule has 1 rings (SSSR count). The van der Waals surface area contributed by atoms with E-state index in [1.807, 2.05) is 0 Å². The van der Waals surface area contributed by atoms with E-state index in [2.05, 4.69) is 5.32 Å². The van der Waals surface area contributed by atoms with E-state index in [9.17, 15) is 4.79 Å². The second-order valence-electron chi connectivity index (χ2n) is 2.59. The molecule has 0 bridgehead atoms. The van der Waals surface area contributed by atoms with Gasteiger partial charge in [0.1, 0.15) is 0 Å². The van der Waals surface area contributed by atoms with Crippen molar-refractivity contribution in [2.24, 2.45) is 0 Å². The van der Waals surface area contributed by atoms with Crippen LogP contribution in [0.15, 0.2) is 0 Å². The van der Waals surface area contributed by atoms with Gasteiger partial charge < -0.3 is 19.5 Å². The zero-order valence-corrected chi connectivity index (χ0v) is 7.20. The molecular formula is C7H13NO4. The number of hydrogen-bond acceptors (Lipinski definition) is 4. The SMILES string of the molecule is COC1OCC(NC(C)=O)CO1. The van der Waals surface area contributed by atoms with Crippen LogP contribution in [-0.4, -0.2) is 38.7 Å². The first-order chi connectivity index (χ1) is 5.72. The lowest BCUT2D eigenvalue weighted by Crippen LogP contribution is -2.46. The lowest BCUT2D eigenvalue weighted by Gasteiger charge is -2.28. The van der Waals surface area contributed by atoms with E-state index in [0.29, 0.717) is 13.2 Å². The molecule has 0 aromatic heterocycles. The van der Waals surface area contributed by atoms with Crippen molar-refractivity contribution in [1.82, 2.24) is 5.32 Å². The number of rotatable bonds is 2. The van der Waals surface area contributed by atoms with Gasteiger partial charge in [-0.3, -0.25) is 4.79 Å². The molecule has 0 saturated carbocycles. The summed E-state index contributed by atoms with van der Waals surface area (Å²) in [6, 6.07) is -0.0612. The normalized spacial score (nSPS) is 29.8. The summed E-state index contributed by atoms with van der Waals surface area (Å²) in [6.45, 7) is 1.73. The summed E-state index contributed by atoms with van der Waals surface area (Å²) in [5.74, 6) is -0.0805. The van der Waals surface area contributed by atoms with Crippen LogP contribution in [0, 0.1) is 0 Å². The average molecular weight is 175 g/mol. The second kappa shape index (κ2) is 4.39. The highest BCUT2D eigenvalue weighted by atomic mass is 16.8. The Kier molecular flexibility index (Phi) is 3.46. The third-order valence-electron chi connectivity index (χ3n) is 1.47. The molecule has 1 aliphatic heterocycles. The van der Waals surface area contributed by atoms with Crippen LogP contribution in [0.5, 0.6) is 0 Å². The summed E-state index contributed by atoms with van der Waals surface area (Å²) >= 11 is 0. The van der Waals surface area contributed by atoms with Crippen molar-refractivity contribution in [3.63, 3.8) is 0 Å². The van der Waals surface area contributed by atoms with Crippen LogP contribution in [0.3, 0.4) is 0 Å². The molecule has 0 radical (unpaired) electrons. The molecule has 12 heavy (non-hydrogen) atoms. The summed E-state index contributed by atoms with van der Waals surface area (Å²) in [5.41, 5.74) is 0. The Hall–Kier alpha value is -0.650. The Labute approximate surface area is 71.0 Å². The predicted octanol–water partition coefficient (Wildman–Crippen LogP) is -0.532. The molecule has 0 aromatic rings. The molecule has 1 N–H and O–H groups in total. The first-order valence-electron chi connectivity index (χ1n) is 3.75. The minimum Gasteiger partial charge on any atom is -0.349 e. The minimum atomic E-state index is -0.588. The van der Waals surface area contributed by atoms with Gasteiger partial charge in [0.05, 0.1) is 19.3 Å². The third kappa shape index (κ3) is 2.77. The fraction of sp³-hybridized carbons (Fsp3) is 0.857. The van der Waals surface area contributed by atoms with Crippen molar-refractivity contribution in [2.45, 2.75) is 19.4 Å². The van der Waals surface area contributed by atoms with Gasteiger partial charge in [0.25, 0.3) is 6.48 Å². The zero-order valence-electron chi connectivity index (χ0n) is 7.20. The first kappa shape index (κ1) is 9.44. The molecule has 0 aliphatic carbocycles.